The summed E-state index contributed by atoms with van der Waals surface area (Å²) in [5.41, 5.74) is 6.17. The van der Waals surface area contributed by atoms with Gasteiger partial charge in [-0.3, -0.25) is 9.59 Å². The minimum absolute atomic E-state index is 0.217. The molecule has 2 amide bonds. The van der Waals surface area contributed by atoms with Crippen LogP contribution < -0.4 is 20.5 Å². The van der Waals surface area contributed by atoms with Crippen LogP contribution in [-0.4, -0.2) is 18.4 Å². The fraction of sp³-hybridized carbons (Fsp3) is 0.0476. The average molecular weight is 431 g/mol. The number of primary amides is 1. The molecule has 0 saturated carbocycles. The Hall–Kier alpha value is -3.22. The highest BCUT2D eigenvalue weighted by Gasteiger charge is 2.10. The van der Waals surface area contributed by atoms with E-state index in [1.54, 1.807) is 60.7 Å². The predicted molar refractivity (Wildman–Crippen MR) is 112 cm³/mol. The minimum Gasteiger partial charge on any atom is -0.482 e. The van der Waals surface area contributed by atoms with E-state index in [-0.39, 0.29) is 18.1 Å². The number of hydrogen-bond donors (Lipinski definition) is 2. The van der Waals surface area contributed by atoms with Gasteiger partial charge in [-0.2, -0.15) is 0 Å². The largest absolute Gasteiger partial charge is 0.482 e. The van der Waals surface area contributed by atoms with E-state index in [4.69, 9.17) is 38.4 Å². The fourth-order valence-corrected chi connectivity index (χ4v) is 2.89. The maximum atomic E-state index is 12.1. The van der Waals surface area contributed by atoms with Crippen molar-refractivity contribution >= 4 is 40.7 Å². The van der Waals surface area contributed by atoms with E-state index in [0.29, 0.717) is 33.0 Å². The van der Waals surface area contributed by atoms with Gasteiger partial charge < -0.3 is 20.5 Å². The monoisotopic (exact) mass is 430 g/mol. The lowest BCUT2D eigenvalue weighted by atomic mass is 10.2. The molecule has 6 nitrogen and oxygen atoms in total. The number of amides is 2. The first-order valence-corrected chi connectivity index (χ1v) is 9.22. The average Bonchev–Trinajstić information content (AvgIpc) is 2.69. The Morgan fingerprint density at radius 2 is 1.66 bits per heavy atom. The first-order chi connectivity index (χ1) is 13.9. The number of hydrogen-bond acceptors (Lipinski definition) is 4. The molecular formula is C21H16Cl2N2O4. The molecule has 0 fully saturated rings. The van der Waals surface area contributed by atoms with Crippen molar-refractivity contribution in [3.8, 4) is 17.2 Å². The molecule has 0 aromatic heterocycles. The van der Waals surface area contributed by atoms with Crippen LogP contribution in [0.15, 0.2) is 66.7 Å². The molecule has 3 aromatic rings. The van der Waals surface area contributed by atoms with Crippen LogP contribution in [-0.2, 0) is 4.79 Å². The highest BCUT2D eigenvalue weighted by molar-refractivity contribution is 6.35. The number of carbonyl (C=O) groups excluding carboxylic acids is 2. The van der Waals surface area contributed by atoms with Gasteiger partial charge in [0.15, 0.2) is 6.61 Å². The van der Waals surface area contributed by atoms with Crippen molar-refractivity contribution in [2.75, 3.05) is 11.9 Å². The zero-order valence-corrected chi connectivity index (χ0v) is 16.5. The molecule has 0 spiro atoms. The molecule has 3 aromatic carbocycles. The lowest BCUT2D eigenvalue weighted by molar-refractivity contribution is -0.118. The summed E-state index contributed by atoms with van der Waals surface area (Å²) in [4.78, 5) is 23.5. The highest BCUT2D eigenvalue weighted by atomic mass is 35.5. The topological polar surface area (TPSA) is 90.7 Å². The second kappa shape index (κ2) is 9.32. The molecular weight excluding hydrogens is 415 g/mol. The van der Waals surface area contributed by atoms with Crippen molar-refractivity contribution in [2.24, 2.45) is 5.73 Å². The number of carbonyl (C=O) groups is 2. The molecule has 0 aliphatic heterocycles. The molecule has 0 aliphatic carbocycles. The lowest BCUT2D eigenvalue weighted by Crippen LogP contribution is -2.20. The van der Waals surface area contributed by atoms with E-state index in [9.17, 15) is 9.59 Å². The van der Waals surface area contributed by atoms with E-state index < -0.39 is 5.91 Å². The Bertz CT molecular complexity index is 1040. The minimum atomic E-state index is -0.578. The van der Waals surface area contributed by atoms with Gasteiger partial charge in [0.2, 0.25) is 0 Å². The second-order valence-electron chi connectivity index (χ2n) is 5.90. The fourth-order valence-electron chi connectivity index (χ4n) is 2.43. The molecule has 3 N–H and O–H groups in total. The third-order valence-electron chi connectivity index (χ3n) is 3.77. The first kappa shape index (κ1) is 20.5. The normalized spacial score (nSPS) is 10.3. The zero-order valence-electron chi connectivity index (χ0n) is 15.0. The van der Waals surface area contributed by atoms with E-state index >= 15 is 0 Å². The van der Waals surface area contributed by atoms with Crippen LogP contribution in [0.2, 0.25) is 10.0 Å². The van der Waals surface area contributed by atoms with Crippen LogP contribution in [0.3, 0.4) is 0 Å². The molecule has 0 saturated heterocycles. The maximum Gasteiger partial charge on any atom is 0.262 e. The summed E-state index contributed by atoms with van der Waals surface area (Å²) in [6.45, 7) is -0.217. The summed E-state index contributed by atoms with van der Waals surface area (Å²) in [7, 11) is 0. The van der Waals surface area contributed by atoms with Crippen LogP contribution in [0.5, 0.6) is 17.2 Å². The molecule has 148 valence electrons. The van der Waals surface area contributed by atoms with Gasteiger partial charge in [0.05, 0.1) is 10.6 Å². The third-order valence-corrected chi connectivity index (χ3v) is 4.30. The smallest absolute Gasteiger partial charge is 0.262 e. The summed E-state index contributed by atoms with van der Waals surface area (Å²) in [6.07, 6.45) is 0. The Kier molecular flexibility index (Phi) is 6.59. The first-order valence-electron chi connectivity index (χ1n) is 8.47. The number of ether oxygens (including phenoxy) is 2. The van der Waals surface area contributed by atoms with Crippen LogP contribution >= 0.6 is 23.2 Å². The molecule has 0 unspecified atom stereocenters. The Labute approximate surface area is 177 Å². The lowest BCUT2D eigenvalue weighted by Gasteiger charge is -2.11. The predicted octanol–water partition coefficient (Wildman–Crippen LogP) is 4.90. The van der Waals surface area contributed by atoms with Gasteiger partial charge in [-0.05, 0) is 54.6 Å². The standard InChI is InChI=1S/C21H16Cl2N2O4/c22-13-5-10-19(17(23)11-13)28-12-20(26)25-14-6-8-15(9-7-14)29-18-4-2-1-3-16(18)21(24)27/h1-11H,12H2,(H2,24,27)(H,25,26). The van der Waals surface area contributed by atoms with Gasteiger partial charge in [-0.1, -0.05) is 35.3 Å². The summed E-state index contributed by atoms with van der Waals surface area (Å²) in [6, 6.07) is 18.1. The third kappa shape index (κ3) is 5.63. The molecule has 0 radical (unpaired) electrons. The maximum absolute atomic E-state index is 12.1. The second-order valence-corrected chi connectivity index (χ2v) is 6.74. The van der Waals surface area contributed by atoms with Gasteiger partial charge in [-0.25, -0.2) is 0 Å². The van der Waals surface area contributed by atoms with Crippen molar-refractivity contribution in [3.05, 3.63) is 82.3 Å². The number of anilines is 1. The SMILES string of the molecule is NC(=O)c1ccccc1Oc1ccc(NC(=O)COc2ccc(Cl)cc2Cl)cc1. The number of benzene rings is 3. The summed E-state index contributed by atoms with van der Waals surface area (Å²) >= 11 is 11.8. The number of rotatable bonds is 7. The number of halogens is 2. The van der Waals surface area contributed by atoms with Crippen molar-refractivity contribution in [3.63, 3.8) is 0 Å². The van der Waals surface area contributed by atoms with Crippen LogP contribution in [0.1, 0.15) is 10.4 Å². The van der Waals surface area contributed by atoms with Gasteiger partial charge in [0, 0.05) is 10.7 Å². The highest BCUT2D eigenvalue weighted by Crippen LogP contribution is 2.28. The number of nitrogens with two attached hydrogens (primary N) is 1. The summed E-state index contributed by atoms with van der Waals surface area (Å²) in [5.74, 6) is 0.267. The quantitative estimate of drug-likeness (QED) is 0.557. The molecule has 29 heavy (non-hydrogen) atoms. The summed E-state index contributed by atoms with van der Waals surface area (Å²) in [5, 5.41) is 3.50. The molecule has 8 heteroatoms. The van der Waals surface area contributed by atoms with E-state index in [0.717, 1.165) is 0 Å². The summed E-state index contributed by atoms with van der Waals surface area (Å²) < 4.78 is 11.1. The van der Waals surface area contributed by atoms with Crippen LogP contribution in [0.25, 0.3) is 0 Å². The van der Waals surface area contributed by atoms with Crippen molar-refractivity contribution in [1.29, 1.82) is 0 Å². The van der Waals surface area contributed by atoms with Crippen LogP contribution in [0, 0.1) is 0 Å². The molecule has 0 bridgehead atoms. The molecule has 0 heterocycles. The Morgan fingerprint density at radius 3 is 2.34 bits per heavy atom. The van der Waals surface area contributed by atoms with Crippen molar-refractivity contribution in [1.82, 2.24) is 0 Å². The zero-order chi connectivity index (χ0) is 20.8. The van der Waals surface area contributed by atoms with E-state index in [1.165, 1.54) is 6.07 Å². The molecule has 0 atom stereocenters. The van der Waals surface area contributed by atoms with Gasteiger partial charge in [-0.15, -0.1) is 0 Å². The van der Waals surface area contributed by atoms with E-state index in [2.05, 4.69) is 5.32 Å². The van der Waals surface area contributed by atoms with Crippen LogP contribution in [0.4, 0.5) is 5.69 Å². The number of nitrogens with one attached hydrogen (secondary N) is 1. The van der Waals surface area contributed by atoms with E-state index in [1.807, 2.05) is 0 Å². The van der Waals surface area contributed by atoms with Crippen molar-refractivity contribution in [2.45, 2.75) is 0 Å². The Morgan fingerprint density at radius 1 is 0.931 bits per heavy atom. The van der Waals surface area contributed by atoms with Crippen molar-refractivity contribution < 1.29 is 19.1 Å². The molecule has 3 rings (SSSR count). The van der Waals surface area contributed by atoms with Gasteiger partial charge in [0.1, 0.15) is 17.2 Å². The Balaban J connectivity index is 1.57. The van der Waals surface area contributed by atoms with Gasteiger partial charge in [0.25, 0.3) is 11.8 Å². The number of para-hydroxylation sites is 1. The van der Waals surface area contributed by atoms with Gasteiger partial charge >= 0.3 is 0 Å². The molecule has 0 aliphatic rings.